The maximum absolute atomic E-state index is 11.4. The minimum absolute atomic E-state index is 0.366. The third-order valence-corrected chi connectivity index (χ3v) is 3.40. The molecule has 1 N–H and O–H groups in total. The molecule has 1 aromatic carbocycles. The van der Waals surface area contributed by atoms with Gasteiger partial charge < -0.3 is 5.11 Å². The first-order valence-electron chi connectivity index (χ1n) is 4.87. The topological polar surface area (TPSA) is 54.4 Å². The number of benzene rings is 1. The second-order valence-corrected chi connectivity index (χ2v) is 5.75. The van der Waals surface area contributed by atoms with Crippen molar-refractivity contribution in [2.75, 3.05) is 6.26 Å². The molecule has 0 aliphatic carbocycles. The summed E-state index contributed by atoms with van der Waals surface area (Å²) in [7, 11) is -3.16. The van der Waals surface area contributed by atoms with Crippen LogP contribution in [0.3, 0.4) is 0 Å². The van der Waals surface area contributed by atoms with E-state index in [-0.39, 0.29) is 0 Å². The molecule has 0 amide bonds. The normalized spacial score (nSPS) is 13.8. The minimum atomic E-state index is -3.16. The van der Waals surface area contributed by atoms with Crippen molar-refractivity contribution >= 4 is 9.84 Å². The summed E-state index contributed by atoms with van der Waals surface area (Å²) in [5, 5.41) is 9.16. The van der Waals surface area contributed by atoms with E-state index in [0.29, 0.717) is 17.7 Å². The van der Waals surface area contributed by atoms with Gasteiger partial charge in [-0.15, -0.1) is 0 Å². The van der Waals surface area contributed by atoms with Gasteiger partial charge in [0.25, 0.3) is 0 Å². The molecule has 0 spiro atoms. The van der Waals surface area contributed by atoms with E-state index in [4.69, 9.17) is 5.11 Å². The van der Waals surface area contributed by atoms with E-state index in [0.717, 1.165) is 5.56 Å². The Morgan fingerprint density at radius 1 is 1.33 bits per heavy atom. The summed E-state index contributed by atoms with van der Waals surface area (Å²) in [6.07, 6.45) is 1.96. The maximum Gasteiger partial charge on any atom is 0.175 e. The fourth-order valence-electron chi connectivity index (χ4n) is 1.44. The van der Waals surface area contributed by atoms with Crippen molar-refractivity contribution in [3.05, 3.63) is 29.8 Å². The summed E-state index contributed by atoms with van der Waals surface area (Å²) in [5.74, 6) is 0. The average Bonchev–Trinajstić information content (AvgIpc) is 2.13. The summed E-state index contributed by atoms with van der Waals surface area (Å²) in [6, 6.07) is 6.92. The Morgan fingerprint density at radius 3 is 2.47 bits per heavy atom. The quantitative estimate of drug-likeness (QED) is 0.847. The highest BCUT2D eigenvalue weighted by Crippen LogP contribution is 2.17. The van der Waals surface area contributed by atoms with Crippen molar-refractivity contribution in [3.8, 4) is 0 Å². The number of sulfone groups is 1. The molecule has 15 heavy (non-hydrogen) atoms. The highest BCUT2D eigenvalue weighted by atomic mass is 32.2. The van der Waals surface area contributed by atoms with Crippen LogP contribution in [-0.2, 0) is 16.3 Å². The van der Waals surface area contributed by atoms with E-state index < -0.39 is 15.9 Å². The van der Waals surface area contributed by atoms with Gasteiger partial charge in [-0.1, -0.05) is 18.2 Å². The predicted molar refractivity (Wildman–Crippen MR) is 59.6 cm³/mol. The SMILES string of the molecule is C[C@H](O)CCc1ccccc1S(C)(=O)=O. The molecule has 1 rings (SSSR count). The molecule has 0 heterocycles. The number of aliphatic hydroxyl groups excluding tert-OH is 1. The van der Waals surface area contributed by atoms with Gasteiger partial charge in [-0.25, -0.2) is 8.42 Å². The summed E-state index contributed by atoms with van der Waals surface area (Å²) in [6.45, 7) is 1.70. The average molecular weight is 228 g/mol. The first kappa shape index (κ1) is 12.2. The molecule has 0 fully saturated rings. The fraction of sp³-hybridized carbons (Fsp3) is 0.455. The molecule has 0 saturated heterocycles. The van der Waals surface area contributed by atoms with Crippen LogP contribution >= 0.6 is 0 Å². The van der Waals surface area contributed by atoms with Crippen molar-refractivity contribution in [1.29, 1.82) is 0 Å². The second-order valence-electron chi connectivity index (χ2n) is 3.77. The summed E-state index contributed by atoms with van der Waals surface area (Å²) in [4.78, 5) is 0.366. The molecule has 0 aliphatic rings. The van der Waals surface area contributed by atoms with E-state index in [1.165, 1.54) is 6.26 Å². The number of aliphatic hydroxyl groups is 1. The maximum atomic E-state index is 11.4. The van der Waals surface area contributed by atoms with Crippen LogP contribution in [0.4, 0.5) is 0 Å². The second kappa shape index (κ2) is 4.77. The van der Waals surface area contributed by atoms with Crippen molar-refractivity contribution in [2.24, 2.45) is 0 Å². The Balaban J connectivity index is 2.98. The van der Waals surface area contributed by atoms with Gasteiger partial charge in [0.05, 0.1) is 11.0 Å². The van der Waals surface area contributed by atoms with E-state index in [1.54, 1.807) is 25.1 Å². The number of rotatable bonds is 4. The summed E-state index contributed by atoms with van der Waals surface area (Å²) >= 11 is 0. The van der Waals surface area contributed by atoms with Gasteiger partial charge in [0.2, 0.25) is 0 Å². The Kier molecular flexibility index (Phi) is 3.88. The molecule has 1 atom stereocenters. The zero-order valence-electron chi connectivity index (χ0n) is 8.97. The Morgan fingerprint density at radius 2 is 1.93 bits per heavy atom. The zero-order chi connectivity index (χ0) is 11.5. The van der Waals surface area contributed by atoms with Crippen LogP contribution in [0, 0.1) is 0 Å². The van der Waals surface area contributed by atoms with Crippen LogP contribution in [0.1, 0.15) is 18.9 Å². The van der Waals surface area contributed by atoms with Gasteiger partial charge in [-0.2, -0.15) is 0 Å². The van der Waals surface area contributed by atoms with Crippen molar-refractivity contribution in [3.63, 3.8) is 0 Å². The van der Waals surface area contributed by atoms with Crippen molar-refractivity contribution in [2.45, 2.75) is 30.8 Å². The van der Waals surface area contributed by atoms with Crippen LogP contribution in [0.5, 0.6) is 0 Å². The van der Waals surface area contributed by atoms with Gasteiger partial charge in [0, 0.05) is 6.26 Å². The van der Waals surface area contributed by atoms with E-state index in [9.17, 15) is 8.42 Å². The molecular formula is C11H16O3S. The van der Waals surface area contributed by atoms with Crippen LogP contribution in [0.2, 0.25) is 0 Å². The molecule has 0 radical (unpaired) electrons. The largest absolute Gasteiger partial charge is 0.393 e. The molecule has 84 valence electrons. The molecule has 0 aromatic heterocycles. The third-order valence-electron chi connectivity index (χ3n) is 2.20. The van der Waals surface area contributed by atoms with Crippen LogP contribution < -0.4 is 0 Å². The highest BCUT2D eigenvalue weighted by molar-refractivity contribution is 7.90. The van der Waals surface area contributed by atoms with Gasteiger partial charge in [-0.05, 0) is 31.4 Å². The molecule has 0 aliphatic heterocycles. The first-order chi connectivity index (χ1) is 6.91. The smallest absolute Gasteiger partial charge is 0.175 e. The Bertz CT molecular complexity index is 421. The first-order valence-corrected chi connectivity index (χ1v) is 6.76. The molecule has 0 unspecified atom stereocenters. The lowest BCUT2D eigenvalue weighted by molar-refractivity contribution is 0.184. The van der Waals surface area contributed by atoms with Crippen LogP contribution in [0.25, 0.3) is 0 Å². The predicted octanol–water partition coefficient (Wildman–Crippen LogP) is 1.40. The molecule has 0 saturated carbocycles. The number of aryl methyl sites for hydroxylation is 1. The third kappa shape index (κ3) is 3.64. The Hall–Kier alpha value is -0.870. The monoisotopic (exact) mass is 228 g/mol. The van der Waals surface area contributed by atoms with Crippen molar-refractivity contribution < 1.29 is 13.5 Å². The standard InChI is InChI=1S/C11H16O3S/c1-9(12)7-8-10-5-3-4-6-11(10)15(2,13)14/h3-6,9,12H,7-8H2,1-2H3/t9-/m0/s1. The van der Waals surface area contributed by atoms with Crippen molar-refractivity contribution in [1.82, 2.24) is 0 Å². The fourth-order valence-corrected chi connectivity index (χ4v) is 2.41. The highest BCUT2D eigenvalue weighted by Gasteiger charge is 2.12. The van der Waals surface area contributed by atoms with Gasteiger partial charge in [0.1, 0.15) is 0 Å². The zero-order valence-corrected chi connectivity index (χ0v) is 9.79. The number of hydrogen-bond donors (Lipinski definition) is 1. The Labute approximate surface area is 90.7 Å². The molecule has 0 bridgehead atoms. The van der Waals surface area contributed by atoms with E-state index in [1.807, 2.05) is 6.07 Å². The lowest BCUT2D eigenvalue weighted by Gasteiger charge is -2.08. The lowest BCUT2D eigenvalue weighted by atomic mass is 10.1. The van der Waals surface area contributed by atoms with E-state index >= 15 is 0 Å². The van der Waals surface area contributed by atoms with E-state index in [2.05, 4.69) is 0 Å². The summed E-state index contributed by atoms with van der Waals surface area (Å²) in [5.41, 5.74) is 0.779. The lowest BCUT2D eigenvalue weighted by Crippen LogP contribution is -2.06. The van der Waals surface area contributed by atoms with Crippen LogP contribution in [-0.4, -0.2) is 25.9 Å². The molecule has 4 heteroatoms. The minimum Gasteiger partial charge on any atom is -0.393 e. The van der Waals surface area contributed by atoms with Gasteiger partial charge >= 0.3 is 0 Å². The summed E-state index contributed by atoms with van der Waals surface area (Å²) < 4.78 is 22.9. The van der Waals surface area contributed by atoms with Gasteiger partial charge in [-0.3, -0.25) is 0 Å². The number of hydrogen-bond acceptors (Lipinski definition) is 3. The molecular weight excluding hydrogens is 212 g/mol. The van der Waals surface area contributed by atoms with Crippen LogP contribution in [0.15, 0.2) is 29.2 Å². The molecule has 3 nitrogen and oxygen atoms in total. The van der Waals surface area contributed by atoms with Gasteiger partial charge in [0.15, 0.2) is 9.84 Å². The molecule has 1 aromatic rings.